The van der Waals surface area contributed by atoms with Gasteiger partial charge < -0.3 is 0 Å². The van der Waals surface area contributed by atoms with Crippen LogP contribution in [0.2, 0.25) is 5.02 Å². The fourth-order valence-corrected chi connectivity index (χ4v) is 2.92. The van der Waals surface area contributed by atoms with Gasteiger partial charge in [-0.2, -0.15) is 0 Å². The molecule has 0 saturated carbocycles. The zero-order valence-electron chi connectivity index (χ0n) is 11.0. The Morgan fingerprint density at radius 1 is 1.10 bits per heavy atom. The van der Waals surface area contributed by atoms with E-state index in [9.17, 15) is 14.0 Å². The largest absolute Gasteiger partial charge is 0.269 e. The maximum Gasteiger partial charge on any atom is 0.261 e. The number of imide groups is 1. The van der Waals surface area contributed by atoms with Gasteiger partial charge in [0.05, 0.1) is 5.69 Å². The number of aryl methyl sites for hydroxylation is 1. The normalized spacial score (nSPS) is 18.9. The highest BCUT2D eigenvalue weighted by Crippen LogP contribution is 2.37. The molecule has 0 saturated heterocycles. The third-order valence-electron chi connectivity index (χ3n) is 3.86. The molecule has 1 aliphatic carbocycles. The molecule has 0 aromatic heterocycles. The Hall–Kier alpha value is -1.68. The zero-order valence-corrected chi connectivity index (χ0v) is 11.8. The highest BCUT2D eigenvalue weighted by molar-refractivity contribution is 6.34. The van der Waals surface area contributed by atoms with Crippen LogP contribution >= 0.6 is 11.6 Å². The smallest absolute Gasteiger partial charge is 0.261 e. The minimum atomic E-state index is -0.651. The van der Waals surface area contributed by atoms with Gasteiger partial charge >= 0.3 is 0 Å². The van der Waals surface area contributed by atoms with E-state index in [4.69, 9.17) is 11.6 Å². The summed E-state index contributed by atoms with van der Waals surface area (Å²) in [5.74, 6) is -1.42. The predicted molar refractivity (Wildman–Crippen MR) is 74.1 cm³/mol. The first-order valence-electron chi connectivity index (χ1n) is 6.57. The van der Waals surface area contributed by atoms with E-state index in [1.165, 1.54) is 6.07 Å². The van der Waals surface area contributed by atoms with E-state index in [0.29, 0.717) is 29.6 Å². The number of benzene rings is 1. The fraction of sp³-hybridized carbons (Fsp3) is 0.333. The summed E-state index contributed by atoms with van der Waals surface area (Å²) in [6.45, 7) is 1.71. The van der Waals surface area contributed by atoms with Gasteiger partial charge in [-0.3, -0.25) is 9.59 Å². The van der Waals surface area contributed by atoms with E-state index in [0.717, 1.165) is 23.8 Å². The van der Waals surface area contributed by atoms with Crippen LogP contribution < -0.4 is 4.90 Å². The summed E-state index contributed by atoms with van der Waals surface area (Å²) in [4.78, 5) is 25.6. The van der Waals surface area contributed by atoms with Crippen LogP contribution in [0.5, 0.6) is 0 Å². The number of hydrogen-bond donors (Lipinski definition) is 0. The Morgan fingerprint density at radius 2 is 1.65 bits per heavy atom. The summed E-state index contributed by atoms with van der Waals surface area (Å²) < 4.78 is 14.1. The van der Waals surface area contributed by atoms with E-state index >= 15 is 0 Å². The van der Waals surface area contributed by atoms with E-state index in [-0.39, 0.29) is 22.5 Å². The molecule has 20 heavy (non-hydrogen) atoms. The highest BCUT2D eigenvalue weighted by Gasteiger charge is 2.40. The first-order chi connectivity index (χ1) is 9.50. The highest BCUT2D eigenvalue weighted by atomic mass is 35.5. The molecule has 1 heterocycles. The molecule has 0 spiro atoms. The van der Waals surface area contributed by atoms with Crippen molar-refractivity contribution < 1.29 is 14.0 Å². The van der Waals surface area contributed by atoms with Crippen LogP contribution in [0.3, 0.4) is 0 Å². The standard InChI is InChI=1S/C15H13ClFNO2/c1-8-6-13(12(17)7-11(8)16)18-14(19)9-4-2-3-5-10(9)15(18)20/h6-7H,2-5H2,1H3. The van der Waals surface area contributed by atoms with Gasteiger partial charge in [0.1, 0.15) is 5.82 Å². The molecule has 104 valence electrons. The summed E-state index contributed by atoms with van der Waals surface area (Å²) in [6.07, 6.45) is 3.00. The Kier molecular flexibility index (Phi) is 3.13. The summed E-state index contributed by atoms with van der Waals surface area (Å²) in [5, 5.41) is 0.281. The van der Waals surface area contributed by atoms with Crippen molar-refractivity contribution in [2.45, 2.75) is 32.6 Å². The molecule has 5 heteroatoms. The number of carbonyl (C=O) groups is 2. The quantitative estimate of drug-likeness (QED) is 0.743. The zero-order chi connectivity index (χ0) is 14.4. The molecule has 0 atom stereocenters. The number of nitrogens with zero attached hydrogens (tertiary/aromatic N) is 1. The first-order valence-corrected chi connectivity index (χ1v) is 6.95. The molecule has 1 aliphatic heterocycles. The summed E-state index contributed by atoms with van der Waals surface area (Å²) in [5.41, 5.74) is 1.73. The predicted octanol–water partition coefficient (Wildman–Crippen LogP) is 3.53. The maximum absolute atomic E-state index is 14.1. The number of hydrogen-bond acceptors (Lipinski definition) is 2. The van der Waals surface area contributed by atoms with Crippen LogP contribution in [0.1, 0.15) is 31.2 Å². The molecule has 0 bridgehead atoms. The Balaban J connectivity index is 2.07. The van der Waals surface area contributed by atoms with Crippen molar-refractivity contribution in [2.24, 2.45) is 0 Å². The molecular formula is C15H13ClFNO2. The topological polar surface area (TPSA) is 37.4 Å². The van der Waals surface area contributed by atoms with Gasteiger partial charge in [-0.1, -0.05) is 11.6 Å². The van der Waals surface area contributed by atoms with Crippen molar-refractivity contribution >= 4 is 29.1 Å². The van der Waals surface area contributed by atoms with Crippen molar-refractivity contribution in [3.8, 4) is 0 Å². The van der Waals surface area contributed by atoms with Crippen LogP contribution in [0.4, 0.5) is 10.1 Å². The molecular weight excluding hydrogens is 281 g/mol. The number of rotatable bonds is 1. The van der Waals surface area contributed by atoms with Gasteiger partial charge in [0.15, 0.2) is 0 Å². The van der Waals surface area contributed by atoms with Gasteiger partial charge in [-0.05, 0) is 50.3 Å². The second kappa shape index (κ2) is 4.70. The molecule has 3 rings (SSSR count). The van der Waals surface area contributed by atoms with Crippen molar-refractivity contribution in [1.29, 1.82) is 0 Å². The van der Waals surface area contributed by atoms with Crippen molar-refractivity contribution in [2.75, 3.05) is 4.90 Å². The van der Waals surface area contributed by atoms with Crippen LogP contribution in [0.25, 0.3) is 0 Å². The van der Waals surface area contributed by atoms with Crippen LogP contribution in [0, 0.1) is 12.7 Å². The Labute approximate surface area is 121 Å². The Bertz CT molecular complexity index is 638. The average Bonchev–Trinajstić information content (AvgIpc) is 2.68. The lowest BCUT2D eigenvalue weighted by atomic mass is 9.93. The lowest BCUT2D eigenvalue weighted by Crippen LogP contribution is -2.32. The van der Waals surface area contributed by atoms with Crippen LogP contribution in [0.15, 0.2) is 23.3 Å². The number of amides is 2. The molecule has 1 aromatic rings. The third-order valence-corrected chi connectivity index (χ3v) is 4.27. The summed E-state index contributed by atoms with van der Waals surface area (Å²) in [6, 6.07) is 2.59. The fourth-order valence-electron chi connectivity index (χ4n) is 2.77. The lowest BCUT2D eigenvalue weighted by Gasteiger charge is -2.17. The number of carbonyl (C=O) groups excluding carboxylic acids is 2. The van der Waals surface area contributed by atoms with Gasteiger partial charge in [-0.15, -0.1) is 0 Å². The molecule has 0 unspecified atom stereocenters. The average molecular weight is 294 g/mol. The lowest BCUT2D eigenvalue weighted by molar-refractivity contribution is -0.120. The van der Waals surface area contributed by atoms with E-state index in [2.05, 4.69) is 0 Å². The Morgan fingerprint density at radius 3 is 2.20 bits per heavy atom. The summed E-state index contributed by atoms with van der Waals surface area (Å²) in [7, 11) is 0. The van der Waals surface area contributed by atoms with Gasteiger partial charge in [0.25, 0.3) is 11.8 Å². The SMILES string of the molecule is Cc1cc(N2C(=O)C3=C(CCCC3)C2=O)c(F)cc1Cl. The first kappa shape index (κ1) is 13.3. The van der Waals surface area contributed by atoms with Crippen molar-refractivity contribution in [3.63, 3.8) is 0 Å². The van der Waals surface area contributed by atoms with Crippen LogP contribution in [-0.2, 0) is 9.59 Å². The van der Waals surface area contributed by atoms with E-state index in [1.807, 2.05) is 0 Å². The van der Waals surface area contributed by atoms with Gasteiger partial charge in [0, 0.05) is 16.2 Å². The molecule has 2 aliphatic rings. The maximum atomic E-state index is 14.1. The molecule has 0 N–H and O–H groups in total. The summed E-state index contributed by atoms with van der Waals surface area (Å²) >= 11 is 5.85. The van der Waals surface area contributed by atoms with E-state index < -0.39 is 5.82 Å². The molecule has 3 nitrogen and oxygen atoms in total. The van der Waals surface area contributed by atoms with Crippen molar-refractivity contribution in [3.05, 3.63) is 39.7 Å². The van der Waals surface area contributed by atoms with Crippen LogP contribution in [-0.4, -0.2) is 11.8 Å². The minimum absolute atomic E-state index is 0.00343. The monoisotopic (exact) mass is 293 g/mol. The van der Waals surface area contributed by atoms with Gasteiger partial charge in [0.2, 0.25) is 0 Å². The molecule has 2 amide bonds. The molecule has 1 aromatic carbocycles. The molecule has 0 radical (unpaired) electrons. The van der Waals surface area contributed by atoms with Crippen molar-refractivity contribution in [1.82, 2.24) is 0 Å². The van der Waals surface area contributed by atoms with Gasteiger partial charge in [-0.25, -0.2) is 9.29 Å². The minimum Gasteiger partial charge on any atom is -0.269 e. The number of anilines is 1. The second-order valence-corrected chi connectivity index (χ2v) is 5.57. The van der Waals surface area contributed by atoms with E-state index in [1.54, 1.807) is 6.92 Å². The third kappa shape index (κ3) is 1.86. The molecule has 0 fully saturated rings. The number of halogens is 2. The second-order valence-electron chi connectivity index (χ2n) is 5.16.